The number of amides is 2. The maximum atomic E-state index is 12.6. The monoisotopic (exact) mass is 507 g/mol. The van der Waals surface area contributed by atoms with Crippen LogP contribution in [0.25, 0.3) is 0 Å². The summed E-state index contributed by atoms with van der Waals surface area (Å²) in [5.41, 5.74) is 4.91. The third kappa shape index (κ3) is 8.06. The van der Waals surface area contributed by atoms with E-state index in [9.17, 15) is 9.59 Å². The number of hydrogen-bond acceptors (Lipinski definition) is 4. The van der Waals surface area contributed by atoms with E-state index in [0.717, 1.165) is 44.3 Å². The Morgan fingerprint density at radius 2 is 2.00 bits per heavy atom. The molecule has 202 valence electrons. The van der Waals surface area contributed by atoms with E-state index in [1.165, 1.54) is 17.6 Å². The molecule has 2 aliphatic heterocycles. The number of fused-ring (bicyclic) bond motifs is 2. The number of piperidine rings is 1. The first-order valence-electron chi connectivity index (χ1n) is 13.6. The topological polar surface area (TPSA) is 61.9 Å². The van der Waals surface area contributed by atoms with Crippen molar-refractivity contribution in [3.8, 4) is 0 Å². The lowest BCUT2D eigenvalue weighted by atomic mass is 9.79. The second kappa shape index (κ2) is 13.1. The molecule has 6 heteroatoms. The van der Waals surface area contributed by atoms with Gasteiger partial charge in [0.2, 0.25) is 5.91 Å². The molecule has 1 fully saturated rings. The summed E-state index contributed by atoms with van der Waals surface area (Å²) in [5.74, 6) is 0.264. The maximum Gasteiger partial charge on any atom is 0.408 e. The number of rotatable bonds is 8. The average Bonchev–Trinajstić information content (AvgIpc) is 3.18. The highest BCUT2D eigenvalue weighted by molar-refractivity contribution is 5.82. The second-order valence-corrected chi connectivity index (χ2v) is 11.2. The molecule has 2 atom stereocenters. The van der Waals surface area contributed by atoms with Gasteiger partial charge in [-0.25, -0.2) is 4.79 Å². The van der Waals surface area contributed by atoms with Crippen LogP contribution >= 0.6 is 0 Å². The molecule has 0 radical (unpaired) electrons. The first kappa shape index (κ1) is 28.7. The van der Waals surface area contributed by atoms with Crippen molar-refractivity contribution in [2.24, 2.45) is 5.92 Å². The van der Waals surface area contributed by atoms with Gasteiger partial charge in [-0.05, 0) is 101 Å². The fourth-order valence-electron chi connectivity index (χ4n) is 5.61. The summed E-state index contributed by atoms with van der Waals surface area (Å²) >= 11 is 0. The number of nitrogens with zero attached hydrogens (tertiary/aromatic N) is 2. The number of carbonyl (C=O) groups is 2. The van der Waals surface area contributed by atoms with E-state index in [1.54, 1.807) is 38.3 Å². The van der Waals surface area contributed by atoms with Gasteiger partial charge >= 0.3 is 6.09 Å². The molecule has 0 spiro atoms. The predicted molar refractivity (Wildman–Crippen MR) is 151 cm³/mol. The minimum atomic E-state index is -0.599. The zero-order valence-corrected chi connectivity index (χ0v) is 23.2. The molecule has 3 rings (SSSR count). The molecule has 0 bridgehead atoms. The molecule has 0 aromatic carbocycles. The summed E-state index contributed by atoms with van der Waals surface area (Å²) in [5, 5.41) is 2.55. The molecule has 6 nitrogen and oxygen atoms in total. The van der Waals surface area contributed by atoms with Crippen LogP contribution in [0.1, 0.15) is 59.3 Å². The molecular weight excluding hydrogens is 462 g/mol. The minimum absolute atomic E-state index is 0.0899. The van der Waals surface area contributed by atoms with Crippen LogP contribution in [0.3, 0.4) is 0 Å². The number of allylic oxidation sites excluding steroid dienone is 8. The zero-order chi connectivity index (χ0) is 27.0. The highest BCUT2D eigenvalue weighted by Crippen LogP contribution is 2.39. The largest absolute Gasteiger partial charge is 0.444 e. The SMILES string of the molecule is C=C/C(CCN(C)C(=O)CNC(=O)OC(C)(C)C)=C(\C=C)C1CCN2CCCC3=C(CC=CC=C3)C2C1. The normalized spacial score (nSPS) is 22.6. The Morgan fingerprint density at radius 1 is 1.22 bits per heavy atom. The van der Waals surface area contributed by atoms with Crippen molar-refractivity contribution in [1.29, 1.82) is 0 Å². The number of ether oxygens (including phenoxy) is 1. The number of likely N-dealkylation sites (N-methyl/N-ethyl adjacent to an activating group) is 1. The Labute approximate surface area is 223 Å². The van der Waals surface area contributed by atoms with E-state index in [0.29, 0.717) is 24.9 Å². The van der Waals surface area contributed by atoms with Gasteiger partial charge in [0.1, 0.15) is 12.1 Å². The van der Waals surface area contributed by atoms with E-state index in [-0.39, 0.29) is 12.5 Å². The van der Waals surface area contributed by atoms with Crippen molar-refractivity contribution in [2.45, 2.75) is 70.9 Å². The van der Waals surface area contributed by atoms with Gasteiger partial charge in [0, 0.05) is 19.6 Å². The van der Waals surface area contributed by atoms with Crippen molar-refractivity contribution < 1.29 is 14.3 Å². The van der Waals surface area contributed by atoms with Crippen LogP contribution in [0.15, 0.2) is 71.9 Å². The molecule has 3 aliphatic rings. The minimum Gasteiger partial charge on any atom is -0.444 e. The Kier molecular flexibility index (Phi) is 10.2. The lowest BCUT2D eigenvalue weighted by Gasteiger charge is -2.41. The van der Waals surface area contributed by atoms with Gasteiger partial charge in [-0.15, -0.1) is 0 Å². The summed E-state index contributed by atoms with van der Waals surface area (Å²) in [6, 6.07) is 0.466. The zero-order valence-electron chi connectivity index (χ0n) is 23.2. The summed E-state index contributed by atoms with van der Waals surface area (Å²) in [7, 11) is 1.76. The smallest absolute Gasteiger partial charge is 0.408 e. The predicted octanol–water partition coefficient (Wildman–Crippen LogP) is 5.72. The Bertz CT molecular complexity index is 996. The van der Waals surface area contributed by atoms with Gasteiger partial charge in [0.15, 0.2) is 0 Å². The van der Waals surface area contributed by atoms with Crippen LogP contribution < -0.4 is 5.32 Å². The molecule has 37 heavy (non-hydrogen) atoms. The Morgan fingerprint density at radius 3 is 2.70 bits per heavy atom. The van der Waals surface area contributed by atoms with Crippen molar-refractivity contribution in [1.82, 2.24) is 15.1 Å². The van der Waals surface area contributed by atoms with E-state index in [1.807, 2.05) is 12.2 Å². The Hall–Kier alpha value is -2.86. The van der Waals surface area contributed by atoms with Crippen molar-refractivity contribution in [3.63, 3.8) is 0 Å². The fourth-order valence-corrected chi connectivity index (χ4v) is 5.61. The lowest BCUT2D eigenvalue weighted by molar-refractivity contribution is -0.128. The van der Waals surface area contributed by atoms with Crippen molar-refractivity contribution in [2.75, 3.05) is 33.2 Å². The summed E-state index contributed by atoms with van der Waals surface area (Å²) in [6.07, 6.45) is 18.6. The van der Waals surface area contributed by atoms with E-state index in [2.05, 4.69) is 47.7 Å². The van der Waals surface area contributed by atoms with Gasteiger partial charge < -0.3 is 15.0 Å². The third-order valence-electron chi connectivity index (χ3n) is 7.50. The standard InChI is InChI=1S/C31H45N3O3/c1-7-23(16-19-33(6)29(35)22-32-30(36)37-31(3,4)5)26(8-2)25-17-20-34-18-12-14-24-13-10-9-11-15-27(24)28(34)21-25/h7-11,13,25,28H,1-2,12,14-22H2,3-6H3,(H,32,36)/b26-23-. The van der Waals surface area contributed by atoms with Crippen LogP contribution in [0.2, 0.25) is 0 Å². The maximum absolute atomic E-state index is 12.6. The Balaban J connectivity index is 1.65. The first-order valence-corrected chi connectivity index (χ1v) is 13.6. The summed E-state index contributed by atoms with van der Waals surface area (Å²) < 4.78 is 5.22. The van der Waals surface area contributed by atoms with Crippen LogP contribution in [0, 0.1) is 5.92 Å². The molecule has 0 aromatic heterocycles. The van der Waals surface area contributed by atoms with Gasteiger partial charge in [-0.1, -0.05) is 49.6 Å². The van der Waals surface area contributed by atoms with E-state index >= 15 is 0 Å². The van der Waals surface area contributed by atoms with E-state index in [4.69, 9.17) is 4.74 Å². The molecule has 0 saturated carbocycles. The fraction of sp³-hybridized carbons (Fsp3) is 0.548. The average molecular weight is 508 g/mol. The summed E-state index contributed by atoms with van der Waals surface area (Å²) in [4.78, 5) is 28.8. The van der Waals surface area contributed by atoms with Gasteiger partial charge in [0.05, 0.1) is 0 Å². The summed E-state index contributed by atoms with van der Waals surface area (Å²) in [6.45, 7) is 16.3. The molecule has 0 aromatic rings. The quantitative estimate of drug-likeness (QED) is 0.427. The number of hydrogen-bond donors (Lipinski definition) is 1. The van der Waals surface area contributed by atoms with Crippen molar-refractivity contribution >= 4 is 12.0 Å². The van der Waals surface area contributed by atoms with Crippen LogP contribution in [0.4, 0.5) is 4.79 Å². The highest BCUT2D eigenvalue weighted by Gasteiger charge is 2.34. The molecule has 2 heterocycles. The van der Waals surface area contributed by atoms with Crippen LogP contribution in [-0.2, 0) is 9.53 Å². The molecule has 1 aliphatic carbocycles. The molecule has 1 saturated heterocycles. The third-order valence-corrected chi connectivity index (χ3v) is 7.50. The number of alkyl carbamates (subject to hydrolysis) is 1. The lowest BCUT2D eigenvalue weighted by Crippen LogP contribution is -2.44. The molecule has 2 unspecified atom stereocenters. The van der Waals surface area contributed by atoms with Crippen LogP contribution in [0.5, 0.6) is 0 Å². The number of carbonyl (C=O) groups excluding carboxylic acids is 2. The van der Waals surface area contributed by atoms with Gasteiger partial charge in [-0.2, -0.15) is 0 Å². The highest BCUT2D eigenvalue weighted by atomic mass is 16.6. The number of nitrogens with one attached hydrogen (secondary N) is 1. The van der Waals surface area contributed by atoms with Crippen LogP contribution in [-0.4, -0.2) is 66.7 Å². The molecule has 2 amide bonds. The van der Waals surface area contributed by atoms with Crippen molar-refractivity contribution in [3.05, 3.63) is 71.9 Å². The molecule has 1 N–H and O–H groups in total. The molecular formula is C31H45N3O3. The van der Waals surface area contributed by atoms with Gasteiger partial charge in [0.25, 0.3) is 0 Å². The first-order chi connectivity index (χ1) is 17.6. The van der Waals surface area contributed by atoms with Gasteiger partial charge in [-0.3, -0.25) is 9.69 Å². The second-order valence-electron chi connectivity index (χ2n) is 11.2. The van der Waals surface area contributed by atoms with E-state index < -0.39 is 11.7 Å².